The maximum absolute atomic E-state index is 17.4. The van der Waals surface area contributed by atoms with Crippen LogP contribution >= 0.6 is 24.0 Å². The summed E-state index contributed by atoms with van der Waals surface area (Å²) in [4.78, 5) is 30.7. The van der Waals surface area contributed by atoms with Gasteiger partial charge < -0.3 is 30.2 Å². The highest BCUT2D eigenvalue weighted by Crippen LogP contribution is 2.70. The highest BCUT2D eigenvalue weighted by atomic mass is 32.2. The van der Waals surface area contributed by atoms with Crippen molar-refractivity contribution in [2.75, 3.05) is 18.1 Å². The van der Waals surface area contributed by atoms with E-state index >= 15 is 4.39 Å². The molecule has 2 aromatic carbocycles. The molecule has 0 bridgehead atoms. The van der Waals surface area contributed by atoms with Crippen molar-refractivity contribution in [3.8, 4) is 11.5 Å². The maximum Gasteiger partial charge on any atom is 0.193 e. The molecular formula is C39H43FN2O7S2. The second-order valence-electron chi connectivity index (χ2n) is 15.1. The number of rotatable bonds is 7. The molecule has 7 rings (SSSR count). The zero-order valence-electron chi connectivity index (χ0n) is 28.8. The number of phenolic OH excluding ortho intramolecular Hbond substituents is 2. The number of carbonyl (C=O) groups is 2. The average molecular weight is 735 g/mol. The molecule has 270 valence electrons. The molecule has 3 saturated carbocycles. The standard InChI is InChI=1S/C39H43FN2O7S2/c1-21-16-29-28-9-4-22-17-25(45)10-12-36(22,2)38(28,40)33(47)20-37(29,3)39(21,48)32(46)11-14-51-15-13-41-35(50)42-34-26-7-5-23(43)18-30(26)49-31-19-24(44)6-8-27(31)34/h5-8,10,12,17-19,21,28-29,33,43-44,47-48H,4,9,11,13-16,20H2,1-3H3,(H,41,50)/t21-,28+,29+,33+,36+,37+,38+,39+/m1/s1. The number of thioether (sulfide) groups is 1. The molecule has 51 heavy (non-hydrogen) atoms. The van der Waals surface area contributed by atoms with E-state index in [-0.39, 0.29) is 46.9 Å². The number of aliphatic hydroxyl groups excluding tert-OH is 1. The number of aromatic hydroxyl groups is 2. The molecule has 1 heterocycles. The topological polar surface area (TPSA) is 153 Å². The zero-order valence-corrected chi connectivity index (χ0v) is 30.5. The van der Waals surface area contributed by atoms with Gasteiger partial charge in [-0.3, -0.25) is 9.59 Å². The van der Waals surface area contributed by atoms with Gasteiger partial charge in [-0.15, -0.1) is 0 Å². The van der Waals surface area contributed by atoms with Crippen molar-refractivity contribution in [3.63, 3.8) is 0 Å². The molecule has 4 aliphatic rings. The number of allylic oxidation sites excluding steroid dienone is 4. The quantitative estimate of drug-likeness (QED) is 0.114. The van der Waals surface area contributed by atoms with Gasteiger partial charge in [0.15, 0.2) is 22.3 Å². The minimum absolute atomic E-state index is 0.0285. The van der Waals surface area contributed by atoms with Crippen molar-refractivity contribution in [2.45, 2.75) is 70.2 Å². The Morgan fingerprint density at radius 3 is 2.43 bits per heavy atom. The van der Waals surface area contributed by atoms with Crippen LogP contribution in [0.2, 0.25) is 0 Å². The number of thiocarbonyl (C=S) groups is 1. The van der Waals surface area contributed by atoms with Crippen molar-refractivity contribution in [2.24, 2.45) is 33.6 Å². The van der Waals surface area contributed by atoms with E-state index in [1.165, 1.54) is 48.2 Å². The first-order chi connectivity index (χ1) is 24.1. The van der Waals surface area contributed by atoms with E-state index < -0.39 is 40.0 Å². The lowest BCUT2D eigenvalue weighted by Gasteiger charge is -2.62. The van der Waals surface area contributed by atoms with E-state index in [9.17, 15) is 30.0 Å². The molecular weight excluding hydrogens is 692 g/mol. The highest BCUT2D eigenvalue weighted by molar-refractivity contribution is 7.99. The van der Waals surface area contributed by atoms with Crippen molar-refractivity contribution < 1.29 is 38.8 Å². The number of phenols is 2. The normalized spacial score (nSPS) is 34.1. The number of fused-ring (bicyclic) bond motifs is 7. The van der Waals surface area contributed by atoms with Crippen LogP contribution in [0.15, 0.2) is 69.6 Å². The molecule has 1 aromatic heterocycles. The second kappa shape index (κ2) is 12.8. The molecule has 0 saturated heterocycles. The number of hydrogen-bond acceptors (Lipinski definition) is 9. The molecule has 8 atom stereocenters. The van der Waals surface area contributed by atoms with Crippen LogP contribution in [0, 0.1) is 28.6 Å². The van der Waals surface area contributed by atoms with Gasteiger partial charge in [-0.1, -0.05) is 25.5 Å². The molecule has 0 amide bonds. The summed E-state index contributed by atoms with van der Waals surface area (Å²) in [5.74, 6) is -0.582. The summed E-state index contributed by atoms with van der Waals surface area (Å²) in [6.07, 6.45) is 4.67. The Morgan fingerprint density at radius 2 is 1.76 bits per heavy atom. The van der Waals surface area contributed by atoms with Gasteiger partial charge in [0.05, 0.1) is 11.5 Å². The first-order valence-electron chi connectivity index (χ1n) is 17.5. The molecule has 0 spiro atoms. The summed E-state index contributed by atoms with van der Waals surface area (Å²) in [5, 5.41) is 49.0. The van der Waals surface area contributed by atoms with Crippen LogP contribution in [0.4, 0.5) is 4.39 Å². The molecule has 4 aliphatic carbocycles. The van der Waals surface area contributed by atoms with Crippen molar-refractivity contribution in [1.29, 1.82) is 0 Å². The van der Waals surface area contributed by atoms with Crippen molar-refractivity contribution in [1.82, 2.24) is 5.32 Å². The third-order valence-corrected chi connectivity index (χ3v) is 13.7. The summed E-state index contributed by atoms with van der Waals surface area (Å²) in [6, 6.07) is 9.40. The minimum Gasteiger partial charge on any atom is -0.508 e. The third kappa shape index (κ3) is 5.47. The molecule has 3 aromatic rings. The van der Waals surface area contributed by atoms with Gasteiger partial charge in [0.25, 0.3) is 0 Å². The van der Waals surface area contributed by atoms with Crippen LogP contribution in [-0.2, 0) is 9.59 Å². The third-order valence-electron chi connectivity index (χ3n) is 12.5. The lowest BCUT2D eigenvalue weighted by atomic mass is 9.44. The SMILES string of the molecule is C[C@@H]1C[C@H]2[C@@H]3CCC4=CC(=O)C=C[C@]4(C)[C@@]3(F)[C@@H](O)C[C@]2(C)[C@@]1(O)C(=O)CCSCCNC(=S)N=c1c2ccc(O)cc2oc2cc(O)ccc12. The highest BCUT2D eigenvalue weighted by Gasteiger charge is 2.75. The van der Waals surface area contributed by atoms with E-state index in [0.717, 1.165) is 0 Å². The predicted octanol–water partition coefficient (Wildman–Crippen LogP) is 5.81. The number of benzene rings is 2. The molecule has 9 nitrogen and oxygen atoms in total. The average Bonchev–Trinajstić information content (AvgIpc) is 3.28. The number of halogens is 1. The van der Waals surface area contributed by atoms with Crippen LogP contribution in [0.1, 0.15) is 52.9 Å². The van der Waals surface area contributed by atoms with Crippen LogP contribution in [0.5, 0.6) is 11.5 Å². The second-order valence-corrected chi connectivity index (χ2v) is 16.7. The van der Waals surface area contributed by atoms with Crippen LogP contribution in [-0.4, -0.2) is 72.5 Å². The fraction of sp³-hybridized carbons (Fsp3) is 0.487. The number of nitrogens with one attached hydrogen (secondary N) is 1. The Labute approximate surface area is 304 Å². The Kier molecular flexibility index (Phi) is 9.00. The molecule has 0 aliphatic heterocycles. The van der Waals surface area contributed by atoms with Crippen LogP contribution < -0.4 is 10.7 Å². The smallest absolute Gasteiger partial charge is 0.193 e. The molecule has 0 radical (unpaired) electrons. The summed E-state index contributed by atoms with van der Waals surface area (Å²) >= 11 is 7.07. The van der Waals surface area contributed by atoms with Gasteiger partial charge in [-0.2, -0.15) is 11.8 Å². The van der Waals surface area contributed by atoms with E-state index in [0.29, 0.717) is 70.2 Å². The number of ketones is 2. The summed E-state index contributed by atoms with van der Waals surface area (Å²) in [5.41, 5.74) is -4.34. The largest absolute Gasteiger partial charge is 0.508 e. The number of aliphatic hydroxyl groups is 2. The van der Waals surface area contributed by atoms with Gasteiger partial charge >= 0.3 is 0 Å². The monoisotopic (exact) mass is 734 g/mol. The Bertz CT molecular complexity index is 2040. The van der Waals surface area contributed by atoms with E-state index in [4.69, 9.17) is 16.6 Å². The van der Waals surface area contributed by atoms with Crippen molar-refractivity contribution in [3.05, 3.63) is 65.6 Å². The number of nitrogens with zero attached hydrogens (tertiary/aromatic N) is 1. The van der Waals surface area contributed by atoms with Crippen molar-refractivity contribution >= 4 is 62.6 Å². The van der Waals surface area contributed by atoms with Crippen LogP contribution in [0.25, 0.3) is 21.9 Å². The predicted molar refractivity (Wildman–Crippen MR) is 198 cm³/mol. The zero-order chi connectivity index (χ0) is 36.5. The Hall–Kier alpha value is -3.58. The Balaban J connectivity index is 0.991. The number of Topliss-reactive ketones (excluding diaryl/α,β-unsaturated/α-hetero) is 1. The molecule has 12 heteroatoms. The number of hydrogen-bond donors (Lipinski definition) is 5. The minimum atomic E-state index is -2.01. The number of alkyl halides is 1. The van der Waals surface area contributed by atoms with Gasteiger partial charge in [0.1, 0.15) is 28.3 Å². The summed E-state index contributed by atoms with van der Waals surface area (Å²) < 4.78 is 23.3. The van der Waals surface area contributed by atoms with E-state index in [2.05, 4.69) is 10.3 Å². The summed E-state index contributed by atoms with van der Waals surface area (Å²) in [7, 11) is 0. The maximum atomic E-state index is 17.4. The first kappa shape index (κ1) is 35.8. The van der Waals surface area contributed by atoms with Gasteiger partial charge in [-0.05, 0) is 93.1 Å². The van der Waals surface area contributed by atoms with Gasteiger partial charge in [0, 0.05) is 64.1 Å². The van der Waals surface area contributed by atoms with Crippen LogP contribution in [0.3, 0.4) is 0 Å². The lowest BCUT2D eigenvalue weighted by molar-refractivity contribution is -0.218. The van der Waals surface area contributed by atoms with Gasteiger partial charge in [0.2, 0.25) is 0 Å². The fourth-order valence-corrected chi connectivity index (χ4v) is 10.9. The van der Waals surface area contributed by atoms with Gasteiger partial charge in [-0.25, -0.2) is 9.38 Å². The molecule has 0 unspecified atom stereocenters. The summed E-state index contributed by atoms with van der Waals surface area (Å²) in [6.45, 7) is 5.96. The lowest BCUT2D eigenvalue weighted by Crippen LogP contribution is -2.69. The number of carbonyl (C=O) groups excluding carboxylic acids is 2. The first-order valence-corrected chi connectivity index (χ1v) is 19.1. The Morgan fingerprint density at radius 1 is 1.10 bits per heavy atom. The van der Waals surface area contributed by atoms with E-state index in [1.807, 2.05) is 13.8 Å². The molecule has 3 fully saturated rings. The molecule has 5 N–H and O–H groups in total. The van der Waals surface area contributed by atoms with E-state index in [1.54, 1.807) is 25.1 Å². The fourth-order valence-electron chi connectivity index (χ4n) is 9.94.